The molecule has 0 N–H and O–H groups in total. The van der Waals surface area contributed by atoms with Crippen molar-refractivity contribution in [1.82, 2.24) is 9.55 Å². The molecule has 0 bridgehead atoms. The Kier molecular flexibility index (Phi) is 7.41. The fourth-order valence-electron chi connectivity index (χ4n) is 6.15. The Morgan fingerprint density at radius 3 is 1.50 bits per heavy atom. The van der Waals surface area contributed by atoms with Crippen molar-refractivity contribution in [3.05, 3.63) is 140 Å². The lowest BCUT2D eigenvalue weighted by Gasteiger charge is -2.33. The van der Waals surface area contributed by atoms with E-state index in [0.717, 1.165) is 17.5 Å². The summed E-state index contributed by atoms with van der Waals surface area (Å²) in [6.45, 7) is 0.613. The molecule has 7 rings (SSSR count). The lowest BCUT2D eigenvalue weighted by atomic mass is 9.37. The maximum Gasteiger partial charge on any atom is 0.212 e. The first-order valence-electron chi connectivity index (χ1n) is 14.0. The van der Waals surface area contributed by atoms with E-state index in [2.05, 4.69) is 137 Å². The Labute approximate surface area is 228 Å². The lowest BCUT2D eigenvalue weighted by molar-refractivity contribution is 0.849. The minimum absolute atomic E-state index is 0.613. The molecular weight excluding hydrogens is 475 g/mol. The molecule has 38 heavy (non-hydrogen) atoms. The first kappa shape index (κ1) is 24.7. The number of imidazole rings is 1. The van der Waals surface area contributed by atoms with Gasteiger partial charge in [0, 0.05) is 18.6 Å². The molecule has 1 heterocycles. The lowest BCUT2D eigenvalue weighted by Crippen LogP contribution is -2.62. The molecule has 0 aliphatic heterocycles. The van der Waals surface area contributed by atoms with E-state index in [0.29, 0.717) is 6.71 Å². The topological polar surface area (TPSA) is 17.8 Å². The van der Waals surface area contributed by atoms with Crippen LogP contribution >= 0.6 is 0 Å². The van der Waals surface area contributed by atoms with E-state index < -0.39 is 8.07 Å². The average Bonchev–Trinajstić information content (AvgIpc) is 3.94. The molecule has 5 aromatic rings. The largest absolute Gasteiger partial charge is 0.340 e. The van der Waals surface area contributed by atoms with Gasteiger partial charge in [-0.3, -0.25) is 0 Å². The molecule has 2 aliphatic rings. The summed E-state index contributed by atoms with van der Waals surface area (Å²) in [7, 11) is -1.80. The first-order chi connectivity index (χ1) is 18.8. The molecule has 2 nitrogen and oxygen atoms in total. The van der Waals surface area contributed by atoms with Gasteiger partial charge in [-0.2, -0.15) is 0 Å². The van der Waals surface area contributed by atoms with Gasteiger partial charge in [0.1, 0.15) is 8.07 Å². The minimum atomic E-state index is -1.80. The van der Waals surface area contributed by atoms with Gasteiger partial charge in [-0.15, -0.1) is 0 Å². The molecule has 0 unspecified atom stereocenters. The van der Waals surface area contributed by atoms with Crippen LogP contribution in [0.3, 0.4) is 0 Å². The molecule has 2 aliphatic carbocycles. The number of hydrogen-bond acceptors (Lipinski definition) is 1. The molecule has 2 saturated carbocycles. The number of nitrogens with zero attached hydrogens (tertiary/aromatic N) is 2. The molecule has 4 aromatic carbocycles. The Bertz CT molecular complexity index is 1310. The van der Waals surface area contributed by atoms with Gasteiger partial charge in [-0.25, -0.2) is 4.98 Å². The molecule has 4 heteroatoms. The second-order valence-corrected chi connectivity index (χ2v) is 15.1. The maximum absolute atomic E-state index is 4.26. The van der Waals surface area contributed by atoms with Crippen LogP contribution in [0.1, 0.15) is 25.7 Å². The van der Waals surface area contributed by atoms with Gasteiger partial charge in [0.25, 0.3) is 0 Å². The smallest absolute Gasteiger partial charge is 0.212 e. The Hall–Kier alpha value is -3.63. The van der Waals surface area contributed by atoms with Gasteiger partial charge >= 0.3 is 0 Å². The number of benzene rings is 4. The molecule has 2 fully saturated rings. The Morgan fingerprint density at radius 1 is 0.632 bits per heavy atom. The third kappa shape index (κ3) is 5.46. The van der Waals surface area contributed by atoms with E-state index in [1.54, 1.807) is 10.4 Å². The molecule has 0 amide bonds. The SMILES string of the molecule is c1ccc(B(c2ccccc2)C2CC2)cc1.c1ccc([Si](Cn2ccnc2)(c2ccccc2)C2CC2)cc1. The highest BCUT2D eigenvalue weighted by Gasteiger charge is 2.50. The molecule has 0 saturated heterocycles. The molecule has 0 spiro atoms. The number of hydrogen-bond donors (Lipinski definition) is 0. The van der Waals surface area contributed by atoms with Crippen LogP contribution in [0.4, 0.5) is 0 Å². The third-order valence-corrected chi connectivity index (χ3v) is 13.8. The van der Waals surface area contributed by atoms with E-state index in [1.807, 2.05) is 12.5 Å². The standard InChI is InChI=1S/C19H20N2Si.C15H15B/c1-3-7-17(8-4-1)22(19-11-12-19,16-21-14-13-20-15-21)18-9-5-2-6-10-18;1-3-7-13(8-4-1)16(15-11-12-15)14-9-5-2-6-10-14/h1-10,13-15,19H,11-12,16H2;1-10,15H,11-12H2. The van der Waals surface area contributed by atoms with Crippen molar-refractivity contribution in [2.75, 3.05) is 0 Å². The van der Waals surface area contributed by atoms with Gasteiger partial charge < -0.3 is 4.57 Å². The van der Waals surface area contributed by atoms with Crippen LogP contribution < -0.4 is 21.3 Å². The van der Waals surface area contributed by atoms with Gasteiger partial charge in [0.2, 0.25) is 6.71 Å². The summed E-state index contributed by atoms with van der Waals surface area (Å²) in [4.78, 5) is 4.26. The van der Waals surface area contributed by atoms with Crippen molar-refractivity contribution in [2.24, 2.45) is 0 Å². The summed E-state index contributed by atoms with van der Waals surface area (Å²) in [6.07, 6.45) is 12.6. The summed E-state index contributed by atoms with van der Waals surface area (Å²) in [5.41, 5.74) is 3.78. The zero-order valence-corrected chi connectivity index (χ0v) is 22.9. The zero-order valence-electron chi connectivity index (χ0n) is 21.9. The summed E-state index contributed by atoms with van der Waals surface area (Å²) in [6, 6.07) is 44.2. The van der Waals surface area contributed by atoms with Crippen molar-refractivity contribution in [1.29, 1.82) is 0 Å². The second-order valence-electron chi connectivity index (χ2n) is 10.8. The highest BCUT2D eigenvalue weighted by atomic mass is 28.3. The Morgan fingerprint density at radius 2 is 1.11 bits per heavy atom. The van der Waals surface area contributed by atoms with Crippen molar-refractivity contribution in [3.63, 3.8) is 0 Å². The predicted molar refractivity (Wildman–Crippen MR) is 164 cm³/mol. The van der Waals surface area contributed by atoms with E-state index in [1.165, 1.54) is 36.6 Å². The molecule has 0 radical (unpaired) electrons. The van der Waals surface area contributed by atoms with E-state index in [9.17, 15) is 0 Å². The van der Waals surface area contributed by atoms with Crippen LogP contribution in [0, 0.1) is 0 Å². The van der Waals surface area contributed by atoms with Crippen molar-refractivity contribution >= 4 is 36.1 Å². The fraction of sp³-hybridized carbons (Fsp3) is 0.206. The van der Waals surface area contributed by atoms with Crippen LogP contribution in [-0.4, -0.2) is 24.3 Å². The first-order valence-corrected chi connectivity index (χ1v) is 16.3. The van der Waals surface area contributed by atoms with E-state index in [4.69, 9.17) is 0 Å². The van der Waals surface area contributed by atoms with Gasteiger partial charge in [0.05, 0.1) is 6.33 Å². The third-order valence-electron chi connectivity index (χ3n) is 8.25. The van der Waals surface area contributed by atoms with Crippen molar-refractivity contribution in [3.8, 4) is 0 Å². The van der Waals surface area contributed by atoms with E-state index in [-0.39, 0.29) is 0 Å². The summed E-state index contributed by atoms with van der Waals surface area (Å²) >= 11 is 0. The number of aromatic nitrogens is 2. The van der Waals surface area contributed by atoms with Crippen LogP contribution in [0.5, 0.6) is 0 Å². The van der Waals surface area contributed by atoms with Crippen LogP contribution in [0.2, 0.25) is 11.4 Å². The zero-order chi connectivity index (χ0) is 25.6. The van der Waals surface area contributed by atoms with Crippen LogP contribution in [0.15, 0.2) is 140 Å². The average molecular weight is 511 g/mol. The molecule has 188 valence electrons. The fourth-order valence-corrected chi connectivity index (χ4v) is 11.5. The normalized spacial score (nSPS) is 14.8. The highest BCUT2D eigenvalue weighted by molar-refractivity contribution is 7.03. The van der Waals surface area contributed by atoms with Crippen LogP contribution in [0.25, 0.3) is 0 Å². The molecule has 0 atom stereocenters. The van der Waals surface area contributed by atoms with Crippen LogP contribution in [-0.2, 0) is 6.17 Å². The van der Waals surface area contributed by atoms with Gasteiger partial charge in [0.15, 0.2) is 0 Å². The van der Waals surface area contributed by atoms with E-state index >= 15 is 0 Å². The summed E-state index contributed by atoms with van der Waals surface area (Å²) in [5.74, 6) is 0.866. The predicted octanol–water partition coefficient (Wildman–Crippen LogP) is 5.31. The van der Waals surface area contributed by atoms with Gasteiger partial charge in [-0.05, 0) is 5.54 Å². The number of rotatable bonds is 8. The molecule has 1 aromatic heterocycles. The summed E-state index contributed by atoms with van der Waals surface area (Å²) in [5, 5.41) is 3.11. The molecular formula is C34H35BN2Si. The van der Waals surface area contributed by atoms with Gasteiger partial charge in [-0.1, -0.05) is 174 Å². The summed E-state index contributed by atoms with van der Waals surface area (Å²) < 4.78 is 2.28. The monoisotopic (exact) mass is 510 g/mol. The minimum Gasteiger partial charge on any atom is -0.340 e. The van der Waals surface area contributed by atoms with Crippen molar-refractivity contribution in [2.45, 2.75) is 43.2 Å². The highest BCUT2D eigenvalue weighted by Crippen LogP contribution is 2.45. The maximum atomic E-state index is 4.26. The Balaban J connectivity index is 0.000000146. The van der Waals surface area contributed by atoms with Crippen molar-refractivity contribution < 1.29 is 0 Å². The quantitative estimate of drug-likeness (QED) is 0.259. The second kappa shape index (κ2) is 11.4.